The Bertz CT molecular complexity index is 550. The van der Waals surface area contributed by atoms with Crippen LogP contribution >= 0.6 is 0 Å². The molecule has 0 aromatic carbocycles. The number of allylic oxidation sites excluding steroid dienone is 1. The van der Waals surface area contributed by atoms with Gasteiger partial charge in [-0.2, -0.15) is 0 Å². The molecule has 24 heavy (non-hydrogen) atoms. The number of hydrogen-bond acceptors (Lipinski definition) is 2. The second kappa shape index (κ2) is 5.97. The predicted octanol–water partition coefficient (Wildman–Crippen LogP) is 4.76. The van der Waals surface area contributed by atoms with E-state index in [0.29, 0.717) is 29.0 Å². The molecule has 3 saturated carbocycles. The van der Waals surface area contributed by atoms with E-state index in [0.717, 1.165) is 43.4 Å². The molecule has 0 aromatic heterocycles. The number of rotatable bonds is 2. The molecule has 0 amide bonds. The van der Waals surface area contributed by atoms with Crippen LogP contribution in [0.3, 0.4) is 0 Å². The molecule has 4 aliphatic carbocycles. The maximum Gasteiger partial charge on any atom is 0.155 e. The van der Waals surface area contributed by atoms with Crippen LogP contribution in [0.25, 0.3) is 0 Å². The fourth-order valence-corrected chi connectivity index (χ4v) is 7.55. The Balaban J connectivity index is 1.63. The Morgan fingerprint density at radius 2 is 2.08 bits per heavy atom. The highest BCUT2D eigenvalue weighted by molar-refractivity contribution is 5.91. The van der Waals surface area contributed by atoms with Crippen molar-refractivity contribution in [2.75, 3.05) is 0 Å². The van der Waals surface area contributed by atoms with E-state index in [1.165, 1.54) is 31.3 Å². The van der Waals surface area contributed by atoms with Crippen LogP contribution < -0.4 is 0 Å². The molecule has 0 radical (unpaired) electrons. The lowest BCUT2D eigenvalue weighted by molar-refractivity contribution is -0.116. The van der Waals surface area contributed by atoms with Crippen LogP contribution in [0.15, 0.2) is 11.6 Å². The molecule has 3 fully saturated rings. The van der Waals surface area contributed by atoms with Crippen LogP contribution in [0.4, 0.5) is 0 Å². The summed E-state index contributed by atoms with van der Waals surface area (Å²) in [5.74, 6) is 4.65. The van der Waals surface area contributed by atoms with Crippen molar-refractivity contribution in [3.8, 4) is 0 Å². The first-order valence-corrected chi connectivity index (χ1v) is 10.4. The van der Waals surface area contributed by atoms with Crippen molar-refractivity contribution in [2.45, 2.75) is 78.2 Å². The molecule has 0 aliphatic heterocycles. The van der Waals surface area contributed by atoms with E-state index in [1.807, 2.05) is 6.08 Å². The summed E-state index contributed by atoms with van der Waals surface area (Å²) in [5, 5.41) is 10.6. The van der Waals surface area contributed by atoms with E-state index in [4.69, 9.17) is 0 Å². The van der Waals surface area contributed by atoms with Crippen LogP contribution in [-0.4, -0.2) is 17.0 Å². The fourth-order valence-electron chi connectivity index (χ4n) is 7.55. The zero-order chi connectivity index (χ0) is 17.1. The SMILES string of the molecule is CC[C@@H](O)[C@H]1CC[C@@H]2[C@H]3[C@H](CC[C@@]21C)[C@H]1CCC(=O)C=C1C[C@H]3C. The van der Waals surface area contributed by atoms with Gasteiger partial charge in [0.25, 0.3) is 0 Å². The number of carbonyl (C=O) groups is 1. The standard InChI is InChI=1S/C22H34O2/c1-4-20(24)18-7-8-19-21-13(2)11-14-12-15(23)5-6-16(14)17(21)9-10-22(18,19)3/h12-13,16-21,24H,4-11H2,1-3H3/t13-,16+,17-,18-,19-,20-,21-,22-/m1/s1. The summed E-state index contributed by atoms with van der Waals surface area (Å²) in [6, 6.07) is 0. The van der Waals surface area contributed by atoms with Gasteiger partial charge in [0, 0.05) is 6.42 Å². The molecule has 2 nitrogen and oxygen atoms in total. The van der Waals surface area contributed by atoms with Gasteiger partial charge < -0.3 is 5.11 Å². The van der Waals surface area contributed by atoms with E-state index in [9.17, 15) is 9.90 Å². The first-order chi connectivity index (χ1) is 11.5. The Hall–Kier alpha value is -0.630. The van der Waals surface area contributed by atoms with E-state index in [-0.39, 0.29) is 6.10 Å². The third-order valence-electron chi connectivity index (χ3n) is 8.60. The maximum atomic E-state index is 11.9. The molecule has 0 unspecified atom stereocenters. The first kappa shape index (κ1) is 16.8. The van der Waals surface area contributed by atoms with Crippen LogP contribution in [0.2, 0.25) is 0 Å². The van der Waals surface area contributed by atoms with Gasteiger partial charge in [0.05, 0.1) is 6.10 Å². The smallest absolute Gasteiger partial charge is 0.155 e. The molecule has 4 aliphatic rings. The monoisotopic (exact) mass is 330 g/mol. The average Bonchev–Trinajstić information content (AvgIpc) is 2.90. The van der Waals surface area contributed by atoms with Crippen LogP contribution in [0, 0.1) is 40.9 Å². The number of aliphatic hydroxyl groups excluding tert-OH is 1. The molecule has 0 saturated heterocycles. The summed E-state index contributed by atoms with van der Waals surface area (Å²) in [4.78, 5) is 11.9. The van der Waals surface area contributed by atoms with E-state index in [2.05, 4.69) is 20.8 Å². The zero-order valence-corrected chi connectivity index (χ0v) is 15.6. The Morgan fingerprint density at radius 3 is 2.83 bits per heavy atom. The lowest BCUT2D eigenvalue weighted by Crippen LogP contribution is -2.50. The van der Waals surface area contributed by atoms with E-state index < -0.39 is 0 Å². The maximum absolute atomic E-state index is 11.9. The first-order valence-electron chi connectivity index (χ1n) is 10.4. The number of ketones is 1. The van der Waals surface area contributed by atoms with Crippen molar-refractivity contribution in [1.82, 2.24) is 0 Å². The number of carbonyl (C=O) groups excluding carboxylic acids is 1. The van der Waals surface area contributed by atoms with Gasteiger partial charge >= 0.3 is 0 Å². The topological polar surface area (TPSA) is 37.3 Å². The second-order valence-corrected chi connectivity index (χ2v) is 9.56. The molecule has 2 heteroatoms. The molecule has 4 rings (SSSR count). The summed E-state index contributed by atoms with van der Waals surface area (Å²) >= 11 is 0. The van der Waals surface area contributed by atoms with Gasteiger partial charge in [-0.15, -0.1) is 0 Å². The van der Waals surface area contributed by atoms with Gasteiger partial charge in [-0.3, -0.25) is 4.79 Å². The van der Waals surface area contributed by atoms with Crippen molar-refractivity contribution in [1.29, 1.82) is 0 Å². The number of aliphatic hydroxyl groups is 1. The minimum atomic E-state index is -0.113. The van der Waals surface area contributed by atoms with Gasteiger partial charge in [0.2, 0.25) is 0 Å². The molecule has 0 bridgehead atoms. The largest absolute Gasteiger partial charge is 0.393 e. The highest BCUT2D eigenvalue weighted by Crippen LogP contribution is 2.65. The van der Waals surface area contributed by atoms with Crippen LogP contribution in [-0.2, 0) is 4.79 Å². The third kappa shape index (κ3) is 2.35. The lowest BCUT2D eigenvalue weighted by Gasteiger charge is -2.56. The lowest BCUT2D eigenvalue weighted by atomic mass is 9.48. The molecule has 0 heterocycles. The molecule has 0 aromatic rings. The Kier molecular flexibility index (Phi) is 4.18. The van der Waals surface area contributed by atoms with Gasteiger partial charge in [-0.1, -0.05) is 26.3 Å². The fraction of sp³-hybridized carbons (Fsp3) is 0.864. The van der Waals surface area contributed by atoms with Crippen molar-refractivity contribution in [3.63, 3.8) is 0 Å². The molecule has 8 atom stereocenters. The number of hydrogen-bond donors (Lipinski definition) is 1. The minimum absolute atomic E-state index is 0.113. The van der Waals surface area contributed by atoms with Crippen molar-refractivity contribution < 1.29 is 9.90 Å². The second-order valence-electron chi connectivity index (χ2n) is 9.56. The molecule has 0 spiro atoms. The quantitative estimate of drug-likeness (QED) is 0.792. The van der Waals surface area contributed by atoms with Gasteiger partial charge in [0.1, 0.15) is 0 Å². The van der Waals surface area contributed by atoms with Gasteiger partial charge in [-0.25, -0.2) is 0 Å². The summed E-state index contributed by atoms with van der Waals surface area (Å²) < 4.78 is 0. The number of fused-ring (bicyclic) bond motifs is 5. The summed E-state index contributed by atoms with van der Waals surface area (Å²) in [7, 11) is 0. The normalized spacial score (nSPS) is 49.0. The average molecular weight is 331 g/mol. The van der Waals surface area contributed by atoms with Gasteiger partial charge in [-0.05, 0) is 91.9 Å². The summed E-state index contributed by atoms with van der Waals surface area (Å²) in [6.45, 7) is 7.06. The van der Waals surface area contributed by atoms with Crippen molar-refractivity contribution >= 4 is 5.78 Å². The van der Waals surface area contributed by atoms with Crippen molar-refractivity contribution in [3.05, 3.63) is 11.6 Å². The van der Waals surface area contributed by atoms with Crippen molar-refractivity contribution in [2.24, 2.45) is 40.9 Å². The molecule has 1 N–H and O–H groups in total. The van der Waals surface area contributed by atoms with Crippen LogP contribution in [0.1, 0.15) is 72.1 Å². The van der Waals surface area contributed by atoms with Gasteiger partial charge in [0.15, 0.2) is 5.78 Å². The zero-order valence-electron chi connectivity index (χ0n) is 15.6. The summed E-state index contributed by atoms with van der Waals surface area (Å²) in [6.07, 6.45) is 10.9. The highest BCUT2D eigenvalue weighted by atomic mass is 16.3. The Labute approximate surface area is 147 Å². The Morgan fingerprint density at radius 1 is 1.29 bits per heavy atom. The van der Waals surface area contributed by atoms with Crippen LogP contribution in [0.5, 0.6) is 0 Å². The molecular formula is C22H34O2. The van der Waals surface area contributed by atoms with E-state index in [1.54, 1.807) is 0 Å². The minimum Gasteiger partial charge on any atom is -0.393 e. The predicted molar refractivity (Wildman–Crippen MR) is 96.4 cm³/mol. The molecular weight excluding hydrogens is 296 g/mol. The van der Waals surface area contributed by atoms with E-state index >= 15 is 0 Å². The highest BCUT2D eigenvalue weighted by Gasteiger charge is 2.58. The summed E-state index contributed by atoms with van der Waals surface area (Å²) in [5.41, 5.74) is 1.82. The molecule has 134 valence electrons. The third-order valence-corrected chi connectivity index (χ3v) is 8.60.